The molecule has 0 unspecified atom stereocenters. The fourth-order valence-electron chi connectivity index (χ4n) is 3.29. The number of halogens is 2. The monoisotopic (exact) mass is 546 g/mol. The first-order valence-electron chi connectivity index (χ1n) is 11.1. The molecular weight excluding hydrogens is 527 g/mol. The summed E-state index contributed by atoms with van der Waals surface area (Å²) in [5.74, 6) is -1.19. The van der Waals surface area contributed by atoms with Gasteiger partial charge in [0.05, 0.1) is 10.0 Å². The van der Waals surface area contributed by atoms with Gasteiger partial charge in [-0.2, -0.15) is 0 Å². The van der Waals surface area contributed by atoms with Crippen LogP contribution in [0.3, 0.4) is 0 Å². The molecular formula is C29H20Cl2N2O3S. The normalized spacial score (nSPS) is 11.4. The van der Waals surface area contributed by atoms with E-state index >= 15 is 0 Å². The Kier molecular flexibility index (Phi) is 8.69. The van der Waals surface area contributed by atoms with Crippen LogP contribution in [0.5, 0.6) is 0 Å². The van der Waals surface area contributed by atoms with Gasteiger partial charge >= 0.3 is 0 Å². The van der Waals surface area contributed by atoms with Crippen molar-refractivity contribution in [1.82, 2.24) is 5.32 Å². The molecule has 0 radical (unpaired) electrons. The number of thiophene rings is 1. The second-order valence-electron chi connectivity index (χ2n) is 7.77. The molecule has 5 nitrogen and oxygen atoms in total. The van der Waals surface area contributed by atoms with Crippen molar-refractivity contribution >= 4 is 70.0 Å². The highest BCUT2D eigenvalue weighted by Crippen LogP contribution is 2.27. The molecule has 0 bridgehead atoms. The zero-order chi connectivity index (χ0) is 26.2. The quantitative estimate of drug-likeness (QED) is 0.179. The molecule has 184 valence electrons. The van der Waals surface area contributed by atoms with Gasteiger partial charge in [0.1, 0.15) is 5.70 Å². The third kappa shape index (κ3) is 7.05. The van der Waals surface area contributed by atoms with Crippen LogP contribution in [0.25, 0.3) is 12.2 Å². The fraction of sp³-hybridized carbons (Fsp3) is 0. The summed E-state index contributed by atoms with van der Waals surface area (Å²) in [7, 11) is 0. The van der Waals surface area contributed by atoms with Crippen LogP contribution in [-0.4, -0.2) is 17.6 Å². The molecule has 0 saturated heterocycles. The molecule has 8 heteroatoms. The molecule has 0 aliphatic heterocycles. The van der Waals surface area contributed by atoms with E-state index in [1.54, 1.807) is 78.9 Å². The zero-order valence-electron chi connectivity index (χ0n) is 19.3. The second kappa shape index (κ2) is 12.3. The van der Waals surface area contributed by atoms with Gasteiger partial charge in [-0.25, -0.2) is 0 Å². The van der Waals surface area contributed by atoms with Crippen LogP contribution < -0.4 is 10.6 Å². The van der Waals surface area contributed by atoms with E-state index in [-0.39, 0.29) is 16.5 Å². The van der Waals surface area contributed by atoms with Gasteiger partial charge in [0.25, 0.3) is 11.8 Å². The third-order valence-corrected chi connectivity index (χ3v) is 6.85. The molecule has 0 fully saturated rings. The second-order valence-corrected chi connectivity index (χ2v) is 9.53. The lowest BCUT2D eigenvalue weighted by atomic mass is 10.1. The number of anilines is 1. The van der Waals surface area contributed by atoms with Gasteiger partial charge in [-0.3, -0.25) is 14.4 Å². The lowest BCUT2D eigenvalue weighted by Gasteiger charge is -2.12. The number of hydrogen-bond donors (Lipinski definition) is 2. The van der Waals surface area contributed by atoms with Crippen LogP contribution in [0.15, 0.2) is 102 Å². The Morgan fingerprint density at radius 2 is 1.54 bits per heavy atom. The maximum Gasteiger partial charge on any atom is 0.272 e. The summed E-state index contributed by atoms with van der Waals surface area (Å²) in [6, 6.07) is 23.8. The van der Waals surface area contributed by atoms with Crippen molar-refractivity contribution in [3.8, 4) is 0 Å². The molecule has 1 aromatic heterocycles. The highest BCUT2D eigenvalue weighted by Gasteiger charge is 2.16. The molecule has 0 spiro atoms. The van der Waals surface area contributed by atoms with E-state index in [1.165, 1.54) is 23.5 Å². The molecule has 4 aromatic rings. The van der Waals surface area contributed by atoms with Crippen LogP contribution in [0.2, 0.25) is 10.0 Å². The SMILES string of the molecule is O=C(Nc1ccc(C(=O)/C=C/c2cccs2)cc1)/C(=C/c1cccc(Cl)c1Cl)NC(=O)c1ccccc1. The van der Waals surface area contributed by atoms with Crippen LogP contribution in [0, 0.1) is 0 Å². The maximum absolute atomic E-state index is 13.2. The van der Waals surface area contributed by atoms with E-state index in [1.807, 2.05) is 17.5 Å². The Balaban J connectivity index is 1.53. The topological polar surface area (TPSA) is 75.3 Å². The van der Waals surface area contributed by atoms with Gasteiger partial charge in [0, 0.05) is 21.7 Å². The number of amides is 2. The first kappa shape index (κ1) is 26.1. The summed E-state index contributed by atoms with van der Waals surface area (Å²) in [4.78, 5) is 39.4. The van der Waals surface area contributed by atoms with Crippen molar-refractivity contribution in [1.29, 1.82) is 0 Å². The number of carbonyl (C=O) groups is 3. The largest absolute Gasteiger partial charge is 0.321 e. The highest BCUT2D eigenvalue weighted by atomic mass is 35.5. The van der Waals surface area contributed by atoms with Gasteiger partial charge < -0.3 is 10.6 Å². The Bertz CT molecular complexity index is 1480. The zero-order valence-corrected chi connectivity index (χ0v) is 21.6. The smallest absolute Gasteiger partial charge is 0.272 e. The minimum absolute atomic E-state index is 0.0305. The highest BCUT2D eigenvalue weighted by molar-refractivity contribution is 7.10. The molecule has 0 saturated carbocycles. The number of ketones is 1. The summed E-state index contributed by atoms with van der Waals surface area (Å²) < 4.78 is 0. The molecule has 0 atom stereocenters. The van der Waals surface area contributed by atoms with E-state index in [2.05, 4.69) is 10.6 Å². The summed E-state index contributed by atoms with van der Waals surface area (Å²) in [6.07, 6.45) is 4.72. The first-order chi connectivity index (χ1) is 17.9. The lowest BCUT2D eigenvalue weighted by Crippen LogP contribution is -2.30. The predicted molar refractivity (Wildman–Crippen MR) is 151 cm³/mol. The van der Waals surface area contributed by atoms with Crippen molar-refractivity contribution in [2.24, 2.45) is 0 Å². The van der Waals surface area contributed by atoms with Crippen molar-refractivity contribution < 1.29 is 14.4 Å². The molecule has 2 amide bonds. The number of benzene rings is 3. The first-order valence-corrected chi connectivity index (χ1v) is 12.7. The van der Waals surface area contributed by atoms with Crippen molar-refractivity contribution in [3.05, 3.63) is 134 Å². The molecule has 3 aromatic carbocycles. The third-order valence-electron chi connectivity index (χ3n) is 5.18. The van der Waals surface area contributed by atoms with E-state index in [0.717, 1.165) is 4.88 Å². The Labute approximate surface area is 228 Å². The molecule has 0 aliphatic carbocycles. The molecule has 2 N–H and O–H groups in total. The van der Waals surface area contributed by atoms with Crippen molar-refractivity contribution in [3.63, 3.8) is 0 Å². The summed E-state index contributed by atoms with van der Waals surface area (Å²) in [6.45, 7) is 0. The van der Waals surface area contributed by atoms with E-state index in [9.17, 15) is 14.4 Å². The number of hydrogen-bond acceptors (Lipinski definition) is 4. The van der Waals surface area contributed by atoms with Gasteiger partial charge in [-0.1, -0.05) is 59.6 Å². The molecule has 4 rings (SSSR count). The number of allylic oxidation sites excluding steroid dienone is 1. The maximum atomic E-state index is 13.2. The molecule has 37 heavy (non-hydrogen) atoms. The summed E-state index contributed by atoms with van der Waals surface area (Å²) >= 11 is 14.0. The van der Waals surface area contributed by atoms with E-state index in [4.69, 9.17) is 23.2 Å². The number of carbonyl (C=O) groups excluding carboxylic acids is 3. The Hall–Kier alpha value is -3.97. The predicted octanol–water partition coefficient (Wildman–Crippen LogP) is 7.36. The fourth-order valence-corrected chi connectivity index (χ4v) is 4.27. The van der Waals surface area contributed by atoms with Gasteiger partial charge in [-0.15, -0.1) is 11.3 Å². The van der Waals surface area contributed by atoms with Gasteiger partial charge in [0.15, 0.2) is 5.78 Å². The van der Waals surface area contributed by atoms with Crippen LogP contribution in [0.4, 0.5) is 5.69 Å². The average Bonchev–Trinajstić information content (AvgIpc) is 3.44. The summed E-state index contributed by atoms with van der Waals surface area (Å²) in [5.41, 5.74) is 1.74. The minimum Gasteiger partial charge on any atom is -0.321 e. The van der Waals surface area contributed by atoms with E-state index in [0.29, 0.717) is 27.4 Å². The van der Waals surface area contributed by atoms with Crippen LogP contribution in [0.1, 0.15) is 31.2 Å². The van der Waals surface area contributed by atoms with Gasteiger partial charge in [0.2, 0.25) is 0 Å². The van der Waals surface area contributed by atoms with E-state index < -0.39 is 11.8 Å². The lowest BCUT2D eigenvalue weighted by molar-refractivity contribution is -0.113. The van der Waals surface area contributed by atoms with Crippen molar-refractivity contribution in [2.75, 3.05) is 5.32 Å². The van der Waals surface area contributed by atoms with Crippen molar-refractivity contribution in [2.45, 2.75) is 0 Å². The van der Waals surface area contributed by atoms with Gasteiger partial charge in [-0.05, 0) is 77.7 Å². The Morgan fingerprint density at radius 3 is 2.24 bits per heavy atom. The number of rotatable bonds is 8. The van der Waals surface area contributed by atoms with Crippen LogP contribution in [-0.2, 0) is 4.79 Å². The number of nitrogens with one attached hydrogen (secondary N) is 2. The Morgan fingerprint density at radius 1 is 0.784 bits per heavy atom. The van der Waals surface area contributed by atoms with Crippen LogP contribution >= 0.6 is 34.5 Å². The standard InChI is InChI=1S/C29H20Cl2N2O3S/c30-24-10-4-8-21(27(24)31)18-25(33-28(35)20-6-2-1-3-7-20)29(36)32-22-13-11-19(12-14-22)26(34)16-15-23-9-5-17-37-23/h1-18H,(H,32,36)(H,33,35)/b16-15+,25-18-. The molecule has 1 heterocycles. The average molecular weight is 547 g/mol. The summed E-state index contributed by atoms with van der Waals surface area (Å²) in [5, 5.41) is 7.91. The molecule has 0 aliphatic rings. The minimum atomic E-state index is -0.572.